The van der Waals surface area contributed by atoms with Gasteiger partial charge in [-0.3, -0.25) is 0 Å². The molecule has 84 valence electrons. The first-order valence-electron chi connectivity index (χ1n) is 4.91. The van der Waals surface area contributed by atoms with Gasteiger partial charge in [-0.25, -0.2) is 9.97 Å². The van der Waals surface area contributed by atoms with Gasteiger partial charge in [0.05, 0.1) is 4.70 Å². The lowest BCUT2D eigenvalue weighted by Gasteiger charge is -1.95. The second kappa shape index (κ2) is 4.37. The Bertz CT molecular complexity index is 679. The Labute approximate surface area is 115 Å². The van der Waals surface area contributed by atoms with Gasteiger partial charge >= 0.3 is 0 Å². The zero-order valence-corrected chi connectivity index (χ0v) is 11.7. The van der Waals surface area contributed by atoms with Gasteiger partial charge < -0.3 is 0 Å². The number of rotatable bonds is 1. The van der Waals surface area contributed by atoms with E-state index in [9.17, 15) is 0 Å². The molecule has 0 amide bonds. The maximum atomic E-state index is 6.01. The molecule has 0 unspecified atom stereocenters. The second-order valence-electron chi connectivity index (χ2n) is 3.47. The Balaban J connectivity index is 2.18. The average molecular weight is 326 g/mol. The molecule has 2 heterocycles. The number of benzene rings is 1. The van der Waals surface area contributed by atoms with Crippen LogP contribution in [0.4, 0.5) is 0 Å². The number of pyridine rings is 1. The van der Waals surface area contributed by atoms with Gasteiger partial charge in [-0.15, -0.1) is 11.3 Å². The van der Waals surface area contributed by atoms with Gasteiger partial charge in [0.15, 0.2) is 5.15 Å². The molecule has 0 aliphatic carbocycles. The first kappa shape index (κ1) is 11.1. The molecule has 1 aromatic carbocycles. The van der Waals surface area contributed by atoms with E-state index in [1.54, 1.807) is 17.5 Å². The summed E-state index contributed by atoms with van der Waals surface area (Å²) < 4.78 is 2.12. The van der Waals surface area contributed by atoms with Crippen LogP contribution in [0.5, 0.6) is 0 Å². The van der Waals surface area contributed by atoms with E-state index in [0.717, 1.165) is 25.3 Å². The summed E-state index contributed by atoms with van der Waals surface area (Å²) >= 11 is 11.0. The van der Waals surface area contributed by atoms with Crippen LogP contribution in [0.2, 0.25) is 5.15 Å². The molecule has 2 nitrogen and oxygen atoms in total. The highest BCUT2D eigenvalue weighted by Gasteiger charge is 2.09. The summed E-state index contributed by atoms with van der Waals surface area (Å²) in [7, 11) is 0. The lowest BCUT2D eigenvalue weighted by atomic mass is 10.2. The average Bonchev–Trinajstić information content (AvgIpc) is 2.75. The van der Waals surface area contributed by atoms with Crippen molar-refractivity contribution in [2.24, 2.45) is 0 Å². The maximum Gasteiger partial charge on any atom is 0.156 e. The smallest absolute Gasteiger partial charge is 0.156 e. The summed E-state index contributed by atoms with van der Waals surface area (Å²) in [5, 5.41) is 1.42. The Morgan fingerprint density at radius 2 is 1.88 bits per heavy atom. The number of thiazole rings is 1. The lowest BCUT2D eigenvalue weighted by molar-refractivity contribution is 1.34. The monoisotopic (exact) mass is 324 g/mol. The highest BCUT2D eigenvalue weighted by atomic mass is 79.9. The summed E-state index contributed by atoms with van der Waals surface area (Å²) in [6, 6.07) is 10.00. The molecule has 0 fully saturated rings. The van der Waals surface area contributed by atoms with E-state index in [0.29, 0.717) is 5.15 Å². The molecule has 3 rings (SSSR count). The molecule has 0 N–H and O–H groups in total. The van der Waals surface area contributed by atoms with Crippen LogP contribution < -0.4 is 0 Å². The van der Waals surface area contributed by atoms with Gasteiger partial charge in [-0.05, 0) is 18.2 Å². The van der Waals surface area contributed by atoms with Crippen LogP contribution in [0.1, 0.15) is 0 Å². The normalized spacial score (nSPS) is 10.9. The van der Waals surface area contributed by atoms with Crippen molar-refractivity contribution < 1.29 is 0 Å². The summed E-state index contributed by atoms with van der Waals surface area (Å²) in [5.74, 6) is 0. The fraction of sp³-hybridized carbons (Fsp3) is 0. The molecule has 0 aliphatic heterocycles. The van der Waals surface area contributed by atoms with Crippen LogP contribution in [0.3, 0.4) is 0 Å². The third-order valence-electron chi connectivity index (χ3n) is 2.35. The molecular formula is C12H6BrClN2S. The minimum absolute atomic E-state index is 0.460. The third kappa shape index (κ3) is 2.08. The highest BCUT2D eigenvalue weighted by Crippen LogP contribution is 2.32. The van der Waals surface area contributed by atoms with Crippen LogP contribution in [-0.2, 0) is 0 Å². The van der Waals surface area contributed by atoms with Crippen molar-refractivity contribution in [2.45, 2.75) is 0 Å². The van der Waals surface area contributed by atoms with E-state index in [1.165, 1.54) is 0 Å². The topological polar surface area (TPSA) is 25.8 Å². The SMILES string of the molecule is Clc1nccc2sc(-c3ccc(Br)cc3)nc12. The zero-order chi connectivity index (χ0) is 11.8. The molecule has 5 heteroatoms. The van der Waals surface area contributed by atoms with Crippen LogP contribution >= 0.6 is 38.9 Å². The first-order chi connectivity index (χ1) is 8.24. The Hall–Kier alpha value is -0.970. The summed E-state index contributed by atoms with van der Waals surface area (Å²) in [4.78, 5) is 8.55. The third-order valence-corrected chi connectivity index (χ3v) is 4.23. The molecule has 3 aromatic rings. The number of hydrogen-bond donors (Lipinski definition) is 0. The molecular weight excluding hydrogens is 320 g/mol. The van der Waals surface area contributed by atoms with Crippen molar-refractivity contribution in [1.29, 1.82) is 0 Å². The molecule has 0 aliphatic rings. The quantitative estimate of drug-likeness (QED) is 0.602. The van der Waals surface area contributed by atoms with Gasteiger partial charge in [0.2, 0.25) is 0 Å². The van der Waals surface area contributed by atoms with Crippen molar-refractivity contribution >= 4 is 49.1 Å². The van der Waals surface area contributed by atoms with Gasteiger partial charge in [0.1, 0.15) is 10.5 Å². The molecule has 0 saturated heterocycles. The Kier molecular flexibility index (Phi) is 2.86. The van der Waals surface area contributed by atoms with Crippen LogP contribution in [0.25, 0.3) is 20.8 Å². The van der Waals surface area contributed by atoms with Crippen molar-refractivity contribution in [3.05, 3.63) is 46.2 Å². The zero-order valence-electron chi connectivity index (χ0n) is 8.52. The molecule has 2 aromatic heterocycles. The summed E-state index contributed by atoms with van der Waals surface area (Å²) in [5.41, 5.74) is 1.86. The number of aromatic nitrogens is 2. The minimum Gasteiger partial charge on any atom is -0.242 e. The predicted octanol–water partition coefficient (Wildman–Crippen LogP) is 4.77. The molecule has 17 heavy (non-hydrogen) atoms. The van der Waals surface area contributed by atoms with E-state index in [4.69, 9.17) is 11.6 Å². The fourth-order valence-corrected chi connectivity index (χ4v) is 3.03. The van der Waals surface area contributed by atoms with E-state index in [2.05, 4.69) is 25.9 Å². The number of hydrogen-bond acceptors (Lipinski definition) is 3. The van der Waals surface area contributed by atoms with E-state index in [-0.39, 0.29) is 0 Å². The number of fused-ring (bicyclic) bond motifs is 1. The number of halogens is 2. The van der Waals surface area contributed by atoms with Crippen molar-refractivity contribution in [3.63, 3.8) is 0 Å². The van der Waals surface area contributed by atoms with Gasteiger partial charge in [-0.2, -0.15) is 0 Å². The largest absolute Gasteiger partial charge is 0.242 e. The summed E-state index contributed by atoms with van der Waals surface area (Å²) in [6.45, 7) is 0. The standard InChI is InChI=1S/C12H6BrClN2S/c13-8-3-1-7(2-4-8)12-16-10-9(17-12)5-6-15-11(10)14/h1-6H. The van der Waals surface area contributed by atoms with E-state index >= 15 is 0 Å². The van der Waals surface area contributed by atoms with Crippen molar-refractivity contribution in [2.75, 3.05) is 0 Å². The minimum atomic E-state index is 0.460. The Morgan fingerprint density at radius 3 is 2.59 bits per heavy atom. The molecule has 0 atom stereocenters. The maximum absolute atomic E-state index is 6.01. The Morgan fingerprint density at radius 1 is 1.12 bits per heavy atom. The fourth-order valence-electron chi connectivity index (χ4n) is 1.54. The van der Waals surface area contributed by atoms with Gasteiger partial charge in [-0.1, -0.05) is 39.7 Å². The van der Waals surface area contributed by atoms with Crippen LogP contribution in [0.15, 0.2) is 41.0 Å². The predicted molar refractivity (Wildman–Crippen MR) is 75.6 cm³/mol. The molecule has 0 saturated carbocycles. The van der Waals surface area contributed by atoms with Crippen LogP contribution in [-0.4, -0.2) is 9.97 Å². The van der Waals surface area contributed by atoms with E-state index in [1.807, 2.05) is 30.3 Å². The van der Waals surface area contributed by atoms with Crippen molar-refractivity contribution in [3.8, 4) is 10.6 Å². The lowest BCUT2D eigenvalue weighted by Crippen LogP contribution is -1.77. The molecule has 0 spiro atoms. The molecule has 0 bridgehead atoms. The van der Waals surface area contributed by atoms with Gasteiger partial charge in [0.25, 0.3) is 0 Å². The number of nitrogens with zero attached hydrogens (tertiary/aromatic N) is 2. The highest BCUT2D eigenvalue weighted by molar-refractivity contribution is 9.10. The van der Waals surface area contributed by atoms with Gasteiger partial charge in [0, 0.05) is 16.2 Å². The van der Waals surface area contributed by atoms with Crippen molar-refractivity contribution in [1.82, 2.24) is 9.97 Å². The molecule has 0 radical (unpaired) electrons. The van der Waals surface area contributed by atoms with Crippen LogP contribution in [0, 0.1) is 0 Å². The second-order valence-corrected chi connectivity index (χ2v) is 5.78. The first-order valence-corrected chi connectivity index (χ1v) is 6.90. The summed E-state index contributed by atoms with van der Waals surface area (Å²) in [6.07, 6.45) is 1.70. The van der Waals surface area contributed by atoms with E-state index < -0.39 is 0 Å².